The molecule has 108 valence electrons. The summed E-state index contributed by atoms with van der Waals surface area (Å²) in [5.41, 5.74) is 13.9. The summed E-state index contributed by atoms with van der Waals surface area (Å²) < 4.78 is 0. The SMILES string of the molecule is NC(=O)c1cc(N)ccc1N1CCC2(CCCC2)CC1. The molecule has 1 spiro atoms. The van der Waals surface area contributed by atoms with E-state index in [1.807, 2.05) is 12.1 Å². The van der Waals surface area contributed by atoms with E-state index in [0.29, 0.717) is 16.7 Å². The van der Waals surface area contributed by atoms with Gasteiger partial charge in [-0.05, 0) is 49.3 Å². The van der Waals surface area contributed by atoms with E-state index in [1.54, 1.807) is 6.07 Å². The Morgan fingerprint density at radius 3 is 2.35 bits per heavy atom. The molecule has 4 N–H and O–H groups in total. The highest BCUT2D eigenvalue weighted by Crippen LogP contribution is 2.46. The van der Waals surface area contributed by atoms with Crippen LogP contribution in [0.4, 0.5) is 11.4 Å². The van der Waals surface area contributed by atoms with Crippen molar-refractivity contribution in [1.29, 1.82) is 0 Å². The van der Waals surface area contributed by atoms with Crippen molar-refractivity contribution in [3.05, 3.63) is 23.8 Å². The third-order valence-electron chi connectivity index (χ3n) is 5.12. The fourth-order valence-electron chi connectivity index (χ4n) is 3.87. The van der Waals surface area contributed by atoms with Crippen LogP contribution in [0.5, 0.6) is 0 Å². The van der Waals surface area contributed by atoms with Crippen LogP contribution in [-0.2, 0) is 0 Å². The number of piperidine rings is 1. The number of carbonyl (C=O) groups is 1. The summed E-state index contributed by atoms with van der Waals surface area (Å²) in [5.74, 6) is -0.395. The summed E-state index contributed by atoms with van der Waals surface area (Å²) in [6.07, 6.45) is 7.99. The molecule has 1 heterocycles. The maximum atomic E-state index is 11.6. The average molecular weight is 273 g/mol. The van der Waals surface area contributed by atoms with Gasteiger partial charge in [-0.15, -0.1) is 0 Å². The van der Waals surface area contributed by atoms with Crippen molar-refractivity contribution in [2.45, 2.75) is 38.5 Å². The second-order valence-electron chi connectivity index (χ2n) is 6.33. The summed E-state index contributed by atoms with van der Waals surface area (Å²) in [4.78, 5) is 13.9. The number of anilines is 2. The fourth-order valence-corrected chi connectivity index (χ4v) is 3.87. The zero-order chi connectivity index (χ0) is 14.2. The van der Waals surface area contributed by atoms with E-state index in [1.165, 1.54) is 38.5 Å². The molecule has 2 aliphatic rings. The number of nitrogens with two attached hydrogens (primary N) is 2. The Bertz CT molecular complexity index is 510. The number of primary amides is 1. The van der Waals surface area contributed by atoms with E-state index >= 15 is 0 Å². The minimum Gasteiger partial charge on any atom is -0.399 e. The van der Waals surface area contributed by atoms with Crippen molar-refractivity contribution in [2.75, 3.05) is 23.7 Å². The Morgan fingerprint density at radius 1 is 1.10 bits per heavy atom. The number of hydrogen-bond acceptors (Lipinski definition) is 3. The van der Waals surface area contributed by atoms with Crippen LogP contribution in [0.2, 0.25) is 0 Å². The number of rotatable bonds is 2. The Labute approximate surface area is 120 Å². The summed E-state index contributed by atoms with van der Waals surface area (Å²) in [6.45, 7) is 2.04. The molecule has 3 rings (SSSR count). The zero-order valence-corrected chi connectivity index (χ0v) is 11.9. The molecule has 1 amide bonds. The van der Waals surface area contributed by atoms with Gasteiger partial charge in [0.05, 0.1) is 5.56 Å². The van der Waals surface area contributed by atoms with Gasteiger partial charge in [-0.2, -0.15) is 0 Å². The van der Waals surface area contributed by atoms with E-state index < -0.39 is 5.91 Å². The topological polar surface area (TPSA) is 72.3 Å². The quantitative estimate of drug-likeness (QED) is 0.813. The van der Waals surface area contributed by atoms with Gasteiger partial charge in [0, 0.05) is 24.5 Å². The summed E-state index contributed by atoms with van der Waals surface area (Å²) in [5, 5.41) is 0. The second-order valence-corrected chi connectivity index (χ2v) is 6.33. The van der Waals surface area contributed by atoms with Gasteiger partial charge in [0.15, 0.2) is 0 Å². The molecule has 4 nitrogen and oxygen atoms in total. The smallest absolute Gasteiger partial charge is 0.250 e. The first-order valence-electron chi connectivity index (χ1n) is 7.54. The van der Waals surface area contributed by atoms with Crippen LogP contribution in [0.1, 0.15) is 48.9 Å². The minimum absolute atomic E-state index is 0.395. The third kappa shape index (κ3) is 2.35. The van der Waals surface area contributed by atoms with Crippen LogP contribution >= 0.6 is 0 Å². The van der Waals surface area contributed by atoms with Crippen molar-refractivity contribution in [3.63, 3.8) is 0 Å². The second kappa shape index (κ2) is 5.00. The molecule has 0 aromatic heterocycles. The number of benzene rings is 1. The minimum atomic E-state index is -0.395. The van der Waals surface area contributed by atoms with Crippen molar-refractivity contribution in [3.8, 4) is 0 Å². The first-order chi connectivity index (χ1) is 9.60. The van der Waals surface area contributed by atoms with Crippen molar-refractivity contribution in [2.24, 2.45) is 11.1 Å². The average Bonchev–Trinajstić information content (AvgIpc) is 2.88. The first kappa shape index (κ1) is 13.3. The van der Waals surface area contributed by atoms with Gasteiger partial charge < -0.3 is 16.4 Å². The third-order valence-corrected chi connectivity index (χ3v) is 5.12. The highest BCUT2D eigenvalue weighted by Gasteiger charge is 2.37. The molecule has 2 fully saturated rings. The van der Waals surface area contributed by atoms with Gasteiger partial charge in [-0.3, -0.25) is 4.79 Å². The van der Waals surface area contributed by atoms with Gasteiger partial charge in [0.1, 0.15) is 0 Å². The van der Waals surface area contributed by atoms with E-state index in [2.05, 4.69) is 4.90 Å². The molecule has 1 aromatic rings. The van der Waals surface area contributed by atoms with Gasteiger partial charge in [-0.25, -0.2) is 0 Å². The molecule has 0 radical (unpaired) electrons. The molecule has 1 aliphatic heterocycles. The number of nitrogens with zero attached hydrogens (tertiary/aromatic N) is 1. The fraction of sp³-hybridized carbons (Fsp3) is 0.562. The van der Waals surface area contributed by atoms with Crippen molar-refractivity contribution >= 4 is 17.3 Å². The van der Waals surface area contributed by atoms with Crippen LogP contribution in [-0.4, -0.2) is 19.0 Å². The predicted molar refractivity (Wildman–Crippen MR) is 81.7 cm³/mol. The maximum absolute atomic E-state index is 11.6. The molecule has 1 saturated heterocycles. The monoisotopic (exact) mass is 273 g/mol. The number of carbonyl (C=O) groups excluding carboxylic acids is 1. The number of amides is 1. The molecular formula is C16H23N3O. The van der Waals surface area contributed by atoms with E-state index in [9.17, 15) is 4.79 Å². The lowest BCUT2D eigenvalue weighted by molar-refractivity contribution is 0.100. The molecule has 1 aliphatic carbocycles. The normalized spacial score (nSPS) is 21.3. The van der Waals surface area contributed by atoms with Gasteiger partial charge in [-0.1, -0.05) is 12.8 Å². The van der Waals surface area contributed by atoms with Crippen LogP contribution < -0.4 is 16.4 Å². The van der Waals surface area contributed by atoms with E-state index in [4.69, 9.17) is 11.5 Å². The largest absolute Gasteiger partial charge is 0.399 e. The predicted octanol–water partition coefficient (Wildman–Crippen LogP) is 2.53. The Balaban J connectivity index is 1.79. The van der Waals surface area contributed by atoms with Crippen LogP contribution in [0.25, 0.3) is 0 Å². The van der Waals surface area contributed by atoms with Gasteiger partial charge in [0.2, 0.25) is 0 Å². The molecular weight excluding hydrogens is 250 g/mol. The Kier molecular flexibility index (Phi) is 3.32. The molecule has 0 atom stereocenters. The number of nitrogen functional groups attached to an aromatic ring is 1. The first-order valence-corrected chi connectivity index (χ1v) is 7.54. The van der Waals surface area contributed by atoms with Crippen LogP contribution in [0.3, 0.4) is 0 Å². The van der Waals surface area contributed by atoms with Crippen molar-refractivity contribution in [1.82, 2.24) is 0 Å². The number of hydrogen-bond donors (Lipinski definition) is 2. The highest BCUT2D eigenvalue weighted by atomic mass is 16.1. The van der Waals surface area contributed by atoms with Crippen LogP contribution in [0, 0.1) is 5.41 Å². The molecule has 1 aromatic carbocycles. The Morgan fingerprint density at radius 2 is 1.75 bits per heavy atom. The molecule has 0 bridgehead atoms. The Hall–Kier alpha value is -1.71. The van der Waals surface area contributed by atoms with Gasteiger partial charge in [0.25, 0.3) is 5.91 Å². The maximum Gasteiger partial charge on any atom is 0.250 e. The van der Waals surface area contributed by atoms with E-state index in [-0.39, 0.29) is 0 Å². The van der Waals surface area contributed by atoms with Gasteiger partial charge >= 0.3 is 0 Å². The standard InChI is InChI=1S/C16H23N3O/c17-12-3-4-14(13(11-12)15(18)20)19-9-7-16(8-10-19)5-1-2-6-16/h3-4,11H,1-2,5-10,17H2,(H2,18,20). The zero-order valence-electron chi connectivity index (χ0n) is 11.9. The summed E-state index contributed by atoms with van der Waals surface area (Å²) >= 11 is 0. The summed E-state index contributed by atoms with van der Waals surface area (Å²) in [7, 11) is 0. The molecule has 1 saturated carbocycles. The molecule has 20 heavy (non-hydrogen) atoms. The lowest BCUT2D eigenvalue weighted by Crippen LogP contribution is -2.39. The lowest BCUT2D eigenvalue weighted by Gasteiger charge is -2.41. The highest BCUT2D eigenvalue weighted by molar-refractivity contribution is 5.99. The van der Waals surface area contributed by atoms with Crippen molar-refractivity contribution < 1.29 is 4.79 Å². The molecule has 4 heteroatoms. The lowest BCUT2D eigenvalue weighted by atomic mass is 9.77. The van der Waals surface area contributed by atoms with E-state index in [0.717, 1.165) is 18.8 Å². The molecule has 0 unspecified atom stereocenters. The van der Waals surface area contributed by atoms with Crippen LogP contribution in [0.15, 0.2) is 18.2 Å². The summed E-state index contributed by atoms with van der Waals surface area (Å²) in [6, 6.07) is 5.47.